The molecule has 0 aliphatic carbocycles. The number of carbonyl (C=O) groups is 2. The highest BCUT2D eigenvalue weighted by molar-refractivity contribution is 7.99. The second kappa shape index (κ2) is 9.96. The molecule has 0 saturated heterocycles. The van der Waals surface area contributed by atoms with Gasteiger partial charge in [-0.2, -0.15) is 0 Å². The maximum atomic E-state index is 12.7. The summed E-state index contributed by atoms with van der Waals surface area (Å²) in [5.74, 6) is -0.959. The zero-order chi connectivity index (χ0) is 23.3. The average molecular weight is 475 g/mol. The van der Waals surface area contributed by atoms with E-state index in [1.54, 1.807) is 60.1 Å². The predicted molar refractivity (Wildman–Crippen MR) is 120 cm³/mol. The molecule has 1 N–H and O–H groups in total. The summed E-state index contributed by atoms with van der Waals surface area (Å²) in [6.45, 7) is 1.88. The smallest absolute Gasteiger partial charge is 0.339 e. The van der Waals surface area contributed by atoms with Crippen molar-refractivity contribution in [2.75, 3.05) is 18.2 Å². The molecule has 3 rings (SSSR count). The lowest BCUT2D eigenvalue weighted by molar-refractivity contribution is -0.113. The van der Waals surface area contributed by atoms with Crippen LogP contribution in [0.3, 0.4) is 0 Å². The van der Waals surface area contributed by atoms with Gasteiger partial charge in [0.05, 0.1) is 29.0 Å². The number of methoxy groups -OCH3 is 1. The highest BCUT2D eigenvalue weighted by Crippen LogP contribution is 2.21. The van der Waals surface area contributed by atoms with Crippen molar-refractivity contribution in [1.82, 2.24) is 14.8 Å². The molecule has 32 heavy (non-hydrogen) atoms. The highest BCUT2D eigenvalue weighted by atomic mass is 32.2. The third kappa shape index (κ3) is 5.54. The van der Waals surface area contributed by atoms with Gasteiger partial charge in [-0.3, -0.25) is 4.79 Å². The molecule has 0 radical (unpaired) electrons. The van der Waals surface area contributed by atoms with Gasteiger partial charge in [0.25, 0.3) is 0 Å². The van der Waals surface area contributed by atoms with Gasteiger partial charge < -0.3 is 14.6 Å². The predicted octanol–water partition coefficient (Wildman–Crippen LogP) is 2.61. The summed E-state index contributed by atoms with van der Waals surface area (Å²) < 4.78 is 31.6. The average Bonchev–Trinajstić information content (AvgIpc) is 3.11. The molecule has 1 amide bonds. The Balaban J connectivity index is 1.65. The summed E-state index contributed by atoms with van der Waals surface area (Å²) in [5, 5.41) is 11.0. The lowest BCUT2D eigenvalue weighted by Crippen LogP contribution is -2.17. The first-order valence-electron chi connectivity index (χ1n) is 9.49. The van der Waals surface area contributed by atoms with E-state index in [1.807, 2.05) is 6.92 Å². The molecule has 0 saturated carbocycles. The van der Waals surface area contributed by atoms with E-state index in [0.717, 1.165) is 17.3 Å². The number of esters is 1. The Morgan fingerprint density at radius 2 is 1.78 bits per heavy atom. The SMILES string of the molecule is COC(=O)c1ccccc1NC(=O)CSc1nnc(CS(=O)(=O)c2ccc(C)cc2)n1C. The summed E-state index contributed by atoms with van der Waals surface area (Å²) in [7, 11) is -0.671. The Labute approximate surface area is 190 Å². The summed E-state index contributed by atoms with van der Waals surface area (Å²) in [6, 6.07) is 13.1. The van der Waals surface area contributed by atoms with Crippen LogP contribution in [0.25, 0.3) is 0 Å². The van der Waals surface area contributed by atoms with Gasteiger partial charge in [-0.05, 0) is 31.2 Å². The van der Waals surface area contributed by atoms with Crippen LogP contribution in [-0.2, 0) is 32.2 Å². The minimum absolute atomic E-state index is 0.00775. The van der Waals surface area contributed by atoms with E-state index >= 15 is 0 Å². The van der Waals surface area contributed by atoms with Gasteiger partial charge >= 0.3 is 5.97 Å². The van der Waals surface area contributed by atoms with Crippen molar-refractivity contribution in [3.8, 4) is 0 Å². The Morgan fingerprint density at radius 3 is 2.47 bits per heavy atom. The third-order valence-corrected chi connectivity index (χ3v) is 7.21. The Bertz CT molecular complexity index is 1240. The molecule has 9 nitrogen and oxygen atoms in total. The Hall–Kier alpha value is -3.18. The van der Waals surface area contributed by atoms with Crippen LogP contribution in [-0.4, -0.2) is 47.9 Å². The molecule has 0 bridgehead atoms. The minimum Gasteiger partial charge on any atom is -0.465 e. The Morgan fingerprint density at radius 1 is 1.09 bits per heavy atom. The van der Waals surface area contributed by atoms with E-state index in [4.69, 9.17) is 4.74 Å². The second-order valence-electron chi connectivity index (χ2n) is 6.90. The summed E-state index contributed by atoms with van der Waals surface area (Å²) in [4.78, 5) is 24.4. The first-order valence-corrected chi connectivity index (χ1v) is 12.1. The molecular formula is C21H22N4O5S2. The van der Waals surface area contributed by atoms with Crippen LogP contribution in [0.2, 0.25) is 0 Å². The number of thioether (sulfide) groups is 1. The number of ether oxygens (including phenoxy) is 1. The number of hydrogen-bond acceptors (Lipinski definition) is 8. The van der Waals surface area contributed by atoms with Crippen LogP contribution < -0.4 is 5.32 Å². The molecule has 168 valence electrons. The van der Waals surface area contributed by atoms with Gasteiger partial charge in [-0.25, -0.2) is 13.2 Å². The van der Waals surface area contributed by atoms with E-state index in [9.17, 15) is 18.0 Å². The third-order valence-electron chi connectivity index (χ3n) is 4.56. The number of hydrogen-bond donors (Lipinski definition) is 1. The highest BCUT2D eigenvalue weighted by Gasteiger charge is 2.21. The lowest BCUT2D eigenvalue weighted by Gasteiger charge is -2.09. The molecule has 11 heteroatoms. The van der Waals surface area contributed by atoms with Gasteiger partial charge in [-0.1, -0.05) is 41.6 Å². The molecule has 1 aromatic heterocycles. The molecule has 0 aliphatic rings. The van der Waals surface area contributed by atoms with Crippen molar-refractivity contribution in [1.29, 1.82) is 0 Å². The maximum Gasteiger partial charge on any atom is 0.339 e. The van der Waals surface area contributed by atoms with Crippen LogP contribution in [0.1, 0.15) is 21.7 Å². The first-order chi connectivity index (χ1) is 15.2. The summed E-state index contributed by atoms with van der Waals surface area (Å²) in [5.41, 5.74) is 1.55. The monoisotopic (exact) mass is 474 g/mol. The van der Waals surface area contributed by atoms with Crippen molar-refractivity contribution in [3.05, 3.63) is 65.5 Å². The largest absolute Gasteiger partial charge is 0.465 e. The molecule has 0 spiro atoms. The molecule has 3 aromatic rings. The number of amides is 1. The minimum atomic E-state index is -3.58. The van der Waals surface area contributed by atoms with Gasteiger partial charge in [0.1, 0.15) is 11.6 Å². The van der Waals surface area contributed by atoms with Crippen molar-refractivity contribution in [2.45, 2.75) is 22.7 Å². The van der Waals surface area contributed by atoms with E-state index in [1.165, 1.54) is 7.11 Å². The van der Waals surface area contributed by atoms with Gasteiger partial charge in [0.15, 0.2) is 15.0 Å². The van der Waals surface area contributed by atoms with E-state index < -0.39 is 15.8 Å². The van der Waals surface area contributed by atoms with Crippen molar-refractivity contribution in [3.63, 3.8) is 0 Å². The number of aromatic nitrogens is 3. The number of nitrogens with one attached hydrogen (secondary N) is 1. The van der Waals surface area contributed by atoms with Gasteiger partial charge in [-0.15, -0.1) is 10.2 Å². The van der Waals surface area contributed by atoms with Crippen molar-refractivity contribution >= 4 is 39.2 Å². The number of carbonyl (C=O) groups excluding carboxylic acids is 2. The number of sulfone groups is 1. The number of nitrogens with zero attached hydrogens (tertiary/aromatic N) is 3. The van der Waals surface area contributed by atoms with Gasteiger partial charge in [0, 0.05) is 7.05 Å². The summed E-state index contributed by atoms with van der Waals surface area (Å²) in [6.07, 6.45) is 0. The topological polar surface area (TPSA) is 120 Å². The molecule has 0 aliphatic heterocycles. The van der Waals surface area contributed by atoms with E-state index in [0.29, 0.717) is 10.8 Å². The van der Waals surface area contributed by atoms with Crippen LogP contribution in [0, 0.1) is 6.92 Å². The quantitative estimate of drug-likeness (QED) is 0.391. The first kappa shape index (κ1) is 23.5. The number of anilines is 1. The number of para-hydroxylation sites is 1. The maximum absolute atomic E-state index is 12.7. The standard InChI is InChI=1S/C21H22N4O5S2/c1-14-8-10-15(11-9-14)32(28,29)13-18-23-24-21(25(18)2)31-12-19(26)22-17-7-5-4-6-16(17)20(27)30-3/h4-11H,12-13H2,1-3H3,(H,22,26). The van der Waals surface area contributed by atoms with Crippen LogP contribution >= 0.6 is 11.8 Å². The number of rotatable bonds is 8. The molecule has 0 fully saturated rings. The number of aryl methyl sites for hydroxylation is 1. The molecular weight excluding hydrogens is 452 g/mol. The van der Waals surface area contributed by atoms with Crippen LogP contribution in [0.4, 0.5) is 5.69 Å². The van der Waals surface area contributed by atoms with Crippen molar-refractivity contribution in [2.24, 2.45) is 7.05 Å². The normalized spacial score (nSPS) is 11.2. The van der Waals surface area contributed by atoms with Crippen molar-refractivity contribution < 1.29 is 22.7 Å². The summed E-state index contributed by atoms with van der Waals surface area (Å²) >= 11 is 1.11. The second-order valence-corrected chi connectivity index (χ2v) is 9.84. The fourth-order valence-electron chi connectivity index (χ4n) is 2.79. The van der Waals surface area contributed by atoms with E-state index in [-0.39, 0.29) is 33.7 Å². The fraction of sp³-hybridized carbons (Fsp3) is 0.238. The van der Waals surface area contributed by atoms with E-state index in [2.05, 4.69) is 15.5 Å². The molecule has 2 aromatic carbocycles. The van der Waals surface area contributed by atoms with Crippen LogP contribution in [0.15, 0.2) is 58.6 Å². The Kier molecular flexibility index (Phi) is 7.31. The fourth-order valence-corrected chi connectivity index (χ4v) is 4.83. The van der Waals surface area contributed by atoms with Gasteiger partial charge in [0.2, 0.25) is 5.91 Å². The lowest BCUT2D eigenvalue weighted by atomic mass is 10.2. The zero-order valence-corrected chi connectivity index (χ0v) is 19.4. The number of benzene rings is 2. The molecule has 0 atom stereocenters. The molecule has 1 heterocycles. The molecule has 0 unspecified atom stereocenters. The zero-order valence-electron chi connectivity index (χ0n) is 17.7. The van der Waals surface area contributed by atoms with Crippen LogP contribution in [0.5, 0.6) is 0 Å².